The number of hydrogen-bond acceptors (Lipinski definition) is 4. The molecule has 0 amide bonds. The predicted molar refractivity (Wildman–Crippen MR) is 95.7 cm³/mol. The molecule has 1 aliphatic heterocycles. The van der Waals surface area contributed by atoms with Crippen molar-refractivity contribution in [1.82, 2.24) is 14.9 Å². The van der Waals surface area contributed by atoms with Crippen molar-refractivity contribution in [1.29, 1.82) is 0 Å². The van der Waals surface area contributed by atoms with Gasteiger partial charge in [-0.2, -0.15) is 0 Å². The van der Waals surface area contributed by atoms with Gasteiger partial charge >= 0.3 is 0 Å². The lowest BCUT2D eigenvalue weighted by Gasteiger charge is -2.14. The molecule has 2 N–H and O–H groups in total. The van der Waals surface area contributed by atoms with Crippen LogP contribution in [0.15, 0.2) is 67.0 Å². The summed E-state index contributed by atoms with van der Waals surface area (Å²) in [6.07, 6.45) is 4.20. The molecule has 3 aromatic rings. The Hall–Kier alpha value is -2.63. The Morgan fingerprint density at radius 3 is 2.76 bits per heavy atom. The van der Waals surface area contributed by atoms with Gasteiger partial charge in [0.15, 0.2) is 0 Å². The molecular weight excluding hydrogens is 314 g/mol. The number of ether oxygens (including phenoxy) is 1. The SMILES string of the molecule is O[C@H]1CN[C@H](c2nccn2Cc2cccc(Oc3ccccc3)c2)C1. The smallest absolute Gasteiger partial charge is 0.127 e. The highest BCUT2D eigenvalue weighted by molar-refractivity contribution is 5.34. The van der Waals surface area contributed by atoms with Crippen molar-refractivity contribution < 1.29 is 9.84 Å². The maximum atomic E-state index is 9.74. The molecule has 2 atom stereocenters. The maximum Gasteiger partial charge on any atom is 0.127 e. The Morgan fingerprint density at radius 1 is 1.12 bits per heavy atom. The molecule has 1 saturated heterocycles. The van der Waals surface area contributed by atoms with Gasteiger partial charge in [-0.05, 0) is 36.2 Å². The molecule has 25 heavy (non-hydrogen) atoms. The van der Waals surface area contributed by atoms with Crippen molar-refractivity contribution in [3.05, 3.63) is 78.4 Å². The number of nitrogens with zero attached hydrogens (tertiary/aromatic N) is 2. The molecule has 2 heterocycles. The standard InChI is InChI=1S/C20H21N3O2/c24-16-12-19(22-13-16)20-21-9-10-23(20)14-15-5-4-8-18(11-15)25-17-6-2-1-3-7-17/h1-11,16,19,22,24H,12-14H2/t16-,19+/m1/s1. The van der Waals surface area contributed by atoms with E-state index in [1.54, 1.807) is 0 Å². The second kappa shape index (κ2) is 7.09. The third-order valence-corrected chi connectivity index (χ3v) is 4.40. The monoisotopic (exact) mass is 335 g/mol. The Labute approximate surface area is 146 Å². The number of imidazole rings is 1. The largest absolute Gasteiger partial charge is 0.457 e. The van der Waals surface area contributed by atoms with E-state index in [4.69, 9.17) is 4.74 Å². The summed E-state index contributed by atoms with van der Waals surface area (Å²) in [5, 5.41) is 13.1. The molecule has 0 unspecified atom stereocenters. The van der Waals surface area contributed by atoms with E-state index in [1.165, 1.54) is 0 Å². The molecule has 1 aromatic heterocycles. The fraction of sp³-hybridized carbons (Fsp3) is 0.250. The highest BCUT2D eigenvalue weighted by Gasteiger charge is 2.26. The normalized spacial score (nSPS) is 19.9. The van der Waals surface area contributed by atoms with E-state index in [9.17, 15) is 5.11 Å². The molecule has 0 bridgehead atoms. The molecule has 1 fully saturated rings. The van der Waals surface area contributed by atoms with Crippen molar-refractivity contribution in [2.45, 2.75) is 25.1 Å². The van der Waals surface area contributed by atoms with E-state index >= 15 is 0 Å². The van der Waals surface area contributed by atoms with Gasteiger partial charge in [0.05, 0.1) is 12.1 Å². The summed E-state index contributed by atoms with van der Waals surface area (Å²) in [4.78, 5) is 4.48. The zero-order valence-corrected chi connectivity index (χ0v) is 13.9. The molecular formula is C20H21N3O2. The van der Waals surface area contributed by atoms with Crippen molar-refractivity contribution in [2.24, 2.45) is 0 Å². The Bertz CT molecular complexity index is 832. The highest BCUT2D eigenvalue weighted by Crippen LogP contribution is 2.25. The van der Waals surface area contributed by atoms with Crippen molar-refractivity contribution in [3.8, 4) is 11.5 Å². The van der Waals surface area contributed by atoms with Gasteiger partial charge in [-0.3, -0.25) is 0 Å². The Balaban J connectivity index is 1.50. The quantitative estimate of drug-likeness (QED) is 0.752. The van der Waals surface area contributed by atoms with Gasteiger partial charge in [-0.15, -0.1) is 0 Å². The van der Waals surface area contributed by atoms with Gasteiger partial charge in [0.25, 0.3) is 0 Å². The van der Waals surface area contributed by atoms with Crippen LogP contribution in [0.4, 0.5) is 0 Å². The summed E-state index contributed by atoms with van der Waals surface area (Å²) in [6, 6.07) is 18.0. The predicted octanol–water partition coefficient (Wildman–Crippen LogP) is 3.12. The van der Waals surface area contributed by atoms with Crippen LogP contribution in [-0.2, 0) is 6.54 Å². The first-order valence-electron chi connectivity index (χ1n) is 8.52. The van der Waals surface area contributed by atoms with Gasteiger partial charge in [0.2, 0.25) is 0 Å². The zero-order chi connectivity index (χ0) is 17.1. The number of para-hydroxylation sites is 1. The minimum absolute atomic E-state index is 0.105. The first-order valence-corrected chi connectivity index (χ1v) is 8.52. The molecule has 0 aliphatic carbocycles. The van der Waals surface area contributed by atoms with Crippen molar-refractivity contribution in [2.75, 3.05) is 6.54 Å². The van der Waals surface area contributed by atoms with E-state index in [-0.39, 0.29) is 12.1 Å². The Kier molecular flexibility index (Phi) is 4.50. The number of hydrogen-bond donors (Lipinski definition) is 2. The molecule has 0 spiro atoms. The number of aliphatic hydroxyl groups is 1. The summed E-state index contributed by atoms with van der Waals surface area (Å²) in [5.41, 5.74) is 1.14. The third-order valence-electron chi connectivity index (χ3n) is 4.40. The lowest BCUT2D eigenvalue weighted by Crippen LogP contribution is -2.18. The molecule has 0 radical (unpaired) electrons. The van der Waals surface area contributed by atoms with E-state index in [0.717, 1.165) is 29.4 Å². The van der Waals surface area contributed by atoms with Crippen molar-refractivity contribution in [3.63, 3.8) is 0 Å². The third kappa shape index (κ3) is 3.73. The van der Waals surface area contributed by atoms with Crippen LogP contribution in [0.25, 0.3) is 0 Å². The number of rotatable bonds is 5. The number of β-amino-alcohol motifs (C(OH)–C–C–N with tert-alkyl or cyclic N) is 1. The van der Waals surface area contributed by atoms with Crippen LogP contribution in [0, 0.1) is 0 Å². The lowest BCUT2D eigenvalue weighted by atomic mass is 10.1. The minimum atomic E-state index is -0.294. The first-order chi connectivity index (χ1) is 12.3. The van der Waals surface area contributed by atoms with Gasteiger partial charge in [-0.25, -0.2) is 4.98 Å². The molecule has 2 aromatic carbocycles. The number of nitrogens with one attached hydrogen (secondary N) is 1. The highest BCUT2D eigenvalue weighted by atomic mass is 16.5. The fourth-order valence-corrected chi connectivity index (χ4v) is 3.21. The molecule has 4 rings (SSSR count). The van der Waals surface area contributed by atoms with E-state index in [1.807, 2.05) is 60.9 Å². The van der Waals surface area contributed by atoms with Crippen LogP contribution < -0.4 is 10.1 Å². The van der Waals surface area contributed by atoms with E-state index in [0.29, 0.717) is 13.0 Å². The summed E-state index contributed by atoms with van der Waals surface area (Å²) in [6.45, 7) is 1.34. The number of aromatic nitrogens is 2. The second-order valence-corrected chi connectivity index (χ2v) is 6.33. The lowest BCUT2D eigenvalue weighted by molar-refractivity contribution is 0.193. The molecule has 5 nitrogen and oxygen atoms in total. The molecule has 0 saturated carbocycles. The average Bonchev–Trinajstić information content (AvgIpc) is 3.25. The second-order valence-electron chi connectivity index (χ2n) is 6.33. The van der Waals surface area contributed by atoms with Crippen LogP contribution in [0.3, 0.4) is 0 Å². The molecule has 128 valence electrons. The first kappa shape index (κ1) is 15.9. The average molecular weight is 335 g/mol. The van der Waals surface area contributed by atoms with Crippen LogP contribution in [0.5, 0.6) is 11.5 Å². The molecule has 1 aliphatic rings. The maximum absolute atomic E-state index is 9.74. The Morgan fingerprint density at radius 2 is 1.96 bits per heavy atom. The minimum Gasteiger partial charge on any atom is -0.457 e. The van der Waals surface area contributed by atoms with E-state index in [2.05, 4.69) is 20.9 Å². The molecule has 5 heteroatoms. The van der Waals surface area contributed by atoms with Gasteiger partial charge < -0.3 is 19.7 Å². The van der Waals surface area contributed by atoms with Crippen molar-refractivity contribution >= 4 is 0 Å². The summed E-state index contributed by atoms with van der Waals surface area (Å²) < 4.78 is 8.03. The zero-order valence-electron chi connectivity index (χ0n) is 13.9. The fourth-order valence-electron chi connectivity index (χ4n) is 3.21. The summed E-state index contributed by atoms with van der Waals surface area (Å²) in [5.74, 6) is 2.61. The number of benzene rings is 2. The van der Waals surface area contributed by atoms with Gasteiger partial charge in [-0.1, -0.05) is 30.3 Å². The van der Waals surface area contributed by atoms with Crippen LogP contribution in [0.2, 0.25) is 0 Å². The van der Waals surface area contributed by atoms with E-state index < -0.39 is 0 Å². The summed E-state index contributed by atoms with van der Waals surface area (Å²) in [7, 11) is 0. The van der Waals surface area contributed by atoms with Crippen LogP contribution >= 0.6 is 0 Å². The topological polar surface area (TPSA) is 59.3 Å². The van der Waals surface area contributed by atoms with Crippen LogP contribution in [0.1, 0.15) is 23.9 Å². The number of aliphatic hydroxyl groups excluding tert-OH is 1. The van der Waals surface area contributed by atoms with Crippen LogP contribution in [-0.4, -0.2) is 27.3 Å². The summed E-state index contributed by atoms with van der Waals surface area (Å²) >= 11 is 0. The van der Waals surface area contributed by atoms with Gasteiger partial charge in [0.1, 0.15) is 17.3 Å². The van der Waals surface area contributed by atoms with Gasteiger partial charge in [0, 0.05) is 25.5 Å².